The third-order valence-electron chi connectivity index (χ3n) is 4.54. The van der Waals surface area contributed by atoms with Crippen LogP contribution in [0.1, 0.15) is 25.3 Å². The monoisotopic (exact) mass is 444 g/mol. The van der Waals surface area contributed by atoms with Gasteiger partial charge in [0.05, 0.1) is 12.8 Å². The van der Waals surface area contributed by atoms with Crippen molar-refractivity contribution in [3.8, 4) is 5.75 Å². The van der Waals surface area contributed by atoms with Crippen molar-refractivity contribution in [2.45, 2.75) is 24.0 Å². The van der Waals surface area contributed by atoms with Gasteiger partial charge in [0, 0.05) is 5.69 Å². The molecule has 0 aliphatic heterocycles. The van der Waals surface area contributed by atoms with Gasteiger partial charge in [0.2, 0.25) is 5.91 Å². The number of thiophene rings is 1. The van der Waals surface area contributed by atoms with Gasteiger partial charge in [-0.05, 0) is 47.2 Å². The van der Waals surface area contributed by atoms with E-state index >= 15 is 0 Å². The molecule has 6 nitrogen and oxygen atoms in total. The van der Waals surface area contributed by atoms with Crippen molar-refractivity contribution < 1.29 is 17.9 Å². The average molecular weight is 445 g/mol. The number of anilines is 2. The van der Waals surface area contributed by atoms with Gasteiger partial charge in [0.25, 0.3) is 10.0 Å². The molecule has 1 N–H and O–H groups in total. The van der Waals surface area contributed by atoms with Gasteiger partial charge in [-0.3, -0.25) is 9.10 Å². The summed E-state index contributed by atoms with van der Waals surface area (Å²) in [5.74, 6) is 0.303. The first-order valence-corrected chi connectivity index (χ1v) is 11.7. The van der Waals surface area contributed by atoms with Crippen LogP contribution in [0, 0.1) is 0 Å². The zero-order chi connectivity index (χ0) is 21.7. The summed E-state index contributed by atoms with van der Waals surface area (Å²) in [6.07, 6.45) is 0. The van der Waals surface area contributed by atoms with E-state index in [1.165, 1.54) is 13.2 Å². The first-order chi connectivity index (χ1) is 14.3. The molecule has 0 spiro atoms. The molecule has 0 bridgehead atoms. The van der Waals surface area contributed by atoms with Crippen molar-refractivity contribution in [1.82, 2.24) is 0 Å². The molecule has 0 aliphatic rings. The lowest BCUT2D eigenvalue weighted by Crippen LogP contribution is -2.38. The summed E-state index contributed by atoms with van der Waals surface area (Å²) in [7, 11) is -2.47. The van der Waals surface area contributed by atoms with Crippen molar-refractivity contribution in [2.75, 3.05) is 23.3 Å². The van der Waals surface area contributed by atoms with Gasteiger partial charge in [-0.2, -0.15) is 0 Å². The molecular weight excluding hydrogens is 420 g/mol. The molecule has 1 aromatic heterocycles. The summed E-state index contributed by atoms with van der Waals surface area (Å²) >= 11 is 1.10. The number of carbonyl (C=O) groups excluding carboxylic acids is 1. The van der Waals surface area contributed by atoms with Crippen LogP contribution in [0.15, 0.2) is 70.3 Å². The molecule has 0 unspecified atom stereocenters. The van der Waals surface area contributed by atoms with E-state index in [9.17, 15) is 13.2 Å². The van der Waals surface area contributed by atoms with Gasteiger partial charge in [0.1, 0.15) is 16.5 Å². The Kier molecular flexibility index (Phi) is 6.79. The second kappa shape index (κ2) is 9.32. The largest absolute Gasteiger partial charge is 0.495 e. The number of rotatable bonds is 8. The van der Waals surface area contributed by atoms with E-state index in [-0.39, 0.29) is 10.8 Å². The number of carbonyl (C=O) groups is 1. The van der Waals surface area contributed by atoms with Crippen LogP contribution < -0.4 is 14.4 Å². The van der Waals surface area contributed by atoms with E-state index in [1.54, 1.807) is 35.7 Å². The maximum atomic E-state index is 13.3. The van der Waals surface area contributed by atoms with Crippen LogP contribution in [0.3, 0.4) is 0 Å². The SMILES string of the molecule is COc1ccccc1N(CC(=O)Nc1ccc(C(C)C)cc1)S(=O)(=O)c1cccs1. The van der Waals surface area contributed by atoms with E-state index in [0.29, 0.717) is 23.0 Å². The molecule has 158 valence electrons. The summed E-state index contributed by atoms with van der Waals surface area (Å²) in [6.45, 7) is 3.80. The van der Waals surface area contributed by atoms with Crippen molar-refractivity contribution in [2.24, 2.45) is 0 Å². The average Bonchev–Trinajstić information content (AvgIpc) is 3.28. The van der Waals surface area contributed by atoms with E-state index in [2.05, 4.69) is 19.2 Å². The fourth-order valence-corrected chi connectivity index (χ4v) is 5.47. The first-order valence-electron chi connectivity index (χ1n) is 9.42. The minimum atomic E-state index is -3.94. The van der Waals surface area contributed by atoms with Crippen LogP contribution in [0.4, 0.5) is 11.4 Å². The molecular formula is C22H24N2O4S2. The number of hydrogen-bond donors (Lipinski definition) is 1. The van der Waals surface area contributed by atoms with Gasteiger partial charge < -0.3 is 10.1 Å². The third kappa shape index (κ3) is 4.83. The predicted molar refractivity (Wildman–Crippen MR) is 121 cm³/mol. The molecule has 8 heteroatoms. The zero-order valence-corrected chi connectivity index (χ0v) is 18.7. The second-order valence-electron chi connectivity index (χ2n) is 6.94. The summed E-state index contributed by atoms with van der Waals surface area (Å²) < 4.78 is 33.1. The molecule has 0 saturated carbocycles. The Labute approximate surface area is 181 Å². The Hall–Kier alpha value is -2.84. The number of nitrogens with one attached hydrogen (secondary N) is 1. The van der Waals surface area contributed by atoms with Gasteiger partial charge in [-0.1, -0.05) is 44.2 Å². The van der Waals surface area contributed by atoms with Gasteiger partial charge in [-0.25, -0.2) is 8.42 Å². The number of benzene rings is 2. The Bertz CT molecular complexity index is 1090. The maximum Gasteiger partial charge on any atom is 0.274 e. The number of ether oxygens (including phenoxy) is 1. The molecule has 30 heavy (non-hydrogen) atoms. The maximum absolute atomic E-state index is 13.3. The highest BCUT2D eigenvalue weighted by Gasteiger charge is 2.30. The highest BCUT2D eigenvalue weighted by Crippen LogP contribution is 2.33. The van der Waals surface area contributed by atoms with Crippen LogP contribution in [-0.2, 0) is 14.8 Å². The van der Waals surface area contributed by atoms with Crippen LogP contribution in [0.5, 0.6) is 5.75 Å². The molecule has 0 atom stereocenters. The fourth-order valence-electron chi connectivity index (χ4n) is 2.94. The fraction of sp³-hybridized carbons (Fsp3) is 0.227. The minimum Gasteiger partial charge on any atom is -0.495 e. The summed E-state index contributed by atoms with van der Waals surface area (Å²) in [5.41, 5.74) is 2.07. The Morgan fingerprint density at radius 2 is 1.77 bits per heavy atom. The lowest BCUT2D eigenvalue weighted by Gasteiger charge is -2.25. The summed E-state index contributed by atoms with van der Waals surface area (Å²) in [6, 6.07) is 17.4. The van der Waals surface area contributed by atoms with Gasteiger partial charge >= 0.3 is 0 Å². The van der Waals surface area contributed by atoms with Crippen LogP contribution in [-0.4, -0.2) is 28.0 Å². The van der Waals surface area contributed by atoms with Crippen LogP contribution >= 0.6 is 11.3 Å². The van der Waals surface area contributed by atoms with E-state index in [0.717, 1.165) is 21.2 Å². The number of para-hydroxylation sites is 2. The molecule has 0 aliphatic carbocycles. The van der Waals surface area contributed by atoms with Crippen molar-refractivity contribution >= 4 is 38.6 Å². The zero-order valence-electron chi connectivity index (χ0n) is 17.0. The molecule has 2 aromatic carbocycles. The molecule has 1 amide bonds. The number of sulfonamides is 1. The van der Waals surface area contributed by atoms with Gasteiger partial charge in [-0.15, -0.1) is 11.3 Å². The van der Waals surface area contributed by atoms with E-state index in [4.69, 9.17) is 4.74 Å². The lowest BCUT2D eigenvalue weighted by molar-refractivity contribution is -0.114. The smallest absolute Gasteiger partial charge is 0.274 e. The number of nitrogens with zero attached hydrogens (tertiary/aromatic N) is 1. The molecule has 1 heterocycles. The van der Waals surface area contributed by atoms with Crippen LogP contribution in [0.2, 0.25) is 0 Å². The predicted octanol–water partition coefficient (Wildman–Crippen LogP) is 4.71. The topological polar surface area (TPSA) is 75.7 Å². The number of methoxy groups -OCH3 is 1. The number of hydrogen-bond acceptors (Lipinski definition) is 5. The Balaban J connectivity index is 1.90. The van der Waals surface area contributed by atoms with E-state index in [1.807, 2.05) is 24.3 Å². The van der Waals surface area contributed by atoms with Crippen molar-refractivity contribution in [3.05, 3.63) is 71.6 Å². The highest BCUT2D eigenvalue weighted by atomic mass is 32.2. The Morgan fingerprint density at radius 3 is 2.37 bits per heavy atom. The minimum absolute atomic E-state index is 0.155. The third-order valence-corrected chi connectivity index (χ3v) is 7.67. The highest BCUT2D eigenvalue weighted by molar-refractivity contribution is 7.94. The molecule has 0 saturated heterocycles. The second-order valence-corrected chi connectivity index (χ2v) is 9.98. The molecule has 3 rings (SSSR count). The Morgan fingerprint density at radius 1 is 1.07 bits per heavy atom. The first kappa shape index (κ1) is 21.9. The lowest BCUT2D eigenvalue weighted by atomic mass is 10.0. The van der Waals surface area contributed by atoms with Crippen molar-refractivity contribution in [1.29, 1.82) is 0 Å². The van der Waals surface area contributed by atoms with Crippen LogP contribution in [0.25, 0.3) is 0 Å². The van der Waals surface area contributed by atoms with E-state index < -0.39 is 15.9 Å². The molecule has 0 radical (unpaired) electrons. The number of amides is 1. The quantitative estimate of drug-likeness (QED) is 0.546. The van der Waals surface area contributed by atoms with Crippen molar-refractivity contribution in [3.63, 3.8) is 0 Å². The van der Waals surface area contributed by atoms with Gasteiger partial charge in [0.15, 0.2) is 0 Å². The molecule has 0 fully saturated rings. The molecule has 3 aromatic rings. The normalized spacial score (nSPS) is 11.3. The summed E-state index contributed by atoms with van der Waals surface area (Å²) in [4.78, 5) is 12.8. The standard InChI is InChI=1S/C22H24N2O4S2/c1-16(2)17-10-12-18(13-11-17)23-21(25)15-24(19-7-4-5-8-20(19)28-3)30(26,27)22-9-6-14-29-22/h4-14,16H,15H2,1-3H3,(H,23,25). The summed E-state index contributed by atoms with van der Waals surface area (Å²) in [5, 5.41) is 4.46.